The van der Waals surface area contributed by atoms with Crippen LogP contribution in [0.2, 0.25) is 0 Å². The molecule has 0 aliphatic heterocycles. The van der Waals surface area contributed by atoms with Crippen LogP contribution >= 0.6 is 0 Å². The Morgan fingerprint density at radius 1 is 1.05 bits per heavy atom. The zero-order valence-corrected chi connectivity index (χ0v) is 12.7. The average molecular weight is 304 g/mol. The summed E-state index contributed by atoms with van der Waals surface area (Å²) in [6.07, 6.45) is 0. The van der Waals surface area contributed by atoms with Gasteiger partial charge in [-0.1, -0.05) is 18.2 Å². The molecule has 21 heavy (non-hydrogen) atoms. The first-order valence-electron chi connectivity index (χ1n) is 6.39. The van der Waals surface area contributed by atoms with Gasteiger partial charge in [0.15, 0.2) is 15.6 Å². The van der Waals surface area contributed by atoms with E-state index in [1.165, 1.54) is 13.2 Å². The minimum atomic E-state index is -3.63. The molecule has 0 aliphatic carbocycles. The van der Waals surface area contributed by atoms with Crippen molar-refractivity contribution in [3.8, 4) is 5.75 Å². The zero-order valence-electron chi connectivity index (χ0n) is 11.9. The Hall–Kier alpha value is -2.14. The fraction of sp³-hybridized carbons (Fsp3) is 0.188. The minimum Gasteiger partial charge on any atom is -0.497 e. The predicted octanol–water partition coefficient (Wildman–Crippen LogP) is 2.66. The first-order chi connectivity index (χ1) is 9.94. The number of hydrogen-bond donors (Lipinski definition) is 0. The van der Waals surface area contributed by atoms with Gasteiger partial charge in [0.25, 0.3) is 0 Å². The maximum Gasteiger partial charge on any atom is 0.186 e. The predicted molar refractivity (Wildman–Crippen MR) is 80.6 cm³/mol. The van der Waals surface area contributed by atoms with E-state index in [9.17, 15) is 13.2 Å². The number of ketones is 1. The maximum atomic E-state index is 12.3. The maximum absolute atomic E-state index is 12.3. The quantitative estimate of drug-likeness (QED) is 0.797. The summed E-state index contributed by atoms with van der Waals surface area (Å²) < 4.78 is 29.6. The standard InChI is InChI=1S/C16H16O4S/c1-12-5-3-4-6-16(12)21(18,19)11-15(17)13-7-9-14(20-2)10-8-13/h3-10H,11H2,1-2H3. The van der Waals surface area contributed by atoms with Gasteiger partial charge in [-0.2, -0.15) is 0 Å². The number of ether oxygens (including phenoxy) is 1. The van der Waals surface area contributed by atoms with Gasteiger partial charge in [0.2, 0.25) is 0 Å². The molecule has 0 heterocycles. The lowest BCUT2D eigenvalue weighted by molar-refractivity contribution is 0.102. The van der Waals surface area contributed by atoms with E-state index >= 15 is 0 Å². The van der Waals surface area contributed by atoms with Crippen LogP contribution in [0.5, 0.6) is 5.75 Å². The Labute approximate surface area is 124 Å². The first kappa shape index (κ1) is 15.3. The molecule has 110 valence electrons. The van der Waals surface area contributed by atoms with Crippen molar-refractivity contribution in [2.45, 2.75) is 11.8 Å². The second kappa shape index (κ2) is 6.10. The number of hydrogen-bond acceptors (Lipinski definition) is 4. The molecule has 0 atom stereocenters. The van der Waals surface area contributed by atoms with Crippen molar-refractivity contribution in [1.82, 2.24) is 0 Å². The number of rotatable bonds is 5. The van der Waals surface area contributed by atoms with E-state index in [2.05, 4.69) is 0 Å². The van der Waals surface area contributed by atoms with Crippen molar-refractivity contribution >= 4 is 15.6 Å². The van der Waals surface area contributed by atoms with Crippen LogP contribution in [0.4, 0.5) is 0 Å². The highest BCUT2D eigenvalue weighted by atomic mass is 32.2. The van der Waals surface area contributed by atoms with E-state index in [1.807, 2.05) is 0 Å². The topological polar surface area (TPSA) is 60.4 Å². The van der Waals surface area contributed by atoms with Crippen LogP contribution in [0.1, 0.15) is 15.9 Å². The Morgan fingerprint density at radius 2 is 1.67 bits per heavy atom. The van der Waals surface area contributed by atoms with Gasteiger partial charge < -0.3 is 4.74 Å². The fourth-order valence-electron chi connectivity index (χ4n) is 2.02. The molecule has 0 saturated heterocycles. The molecule has 4 nitrogen and oxygen atoms in total. The lowest BCUT2D eigenvalue weighted by Gasteiger charge is -2.07. The number of benzene rings is 2. The summed E-state index contributed by atoms with van der Waals surface area (Å²) in [6.45, 7) is 1.71. The highest BCUT2D eigenvalue weighted by Crippen LogP contribution is 2.18. The van der Waals surface area contributed by atoms with Crippen LogP contribution in [-0.4, -0.2) is 27.1 Å². The highest BCUT2D eigenvalue weighted by molar-refractivity contribution is 7.92. The molecule has 0 saturated carbocycles. The Morgan fingerprint density at radius 3 is 2.24 bits per heavy atom. The molecule has 0 aromatic heterocycles. The minimum absolute atomic E-state index is 0.201. The van der Waals surface area contributed by atoms with E-state index < -0.39 is 21.4 Å². The third-order valence-electron chi connectivity index (χ3n) is 3.16. The largest absolute Gasteiger partial charge is 0.497 e. The number of sulfone groups is 1. The van der Waals surface area contributed by atoms with Gasteiger partial charge in [-0.15, -0.1) is 0 Å². The average Bonchev–Trinajstić information content (AvgIpc) is 2.47. The first-order valence-corrected chi connectivity index (χ1v) is 8.05. The van der Waals surface area contributed by atoms with Crippen LogP contribution in [0, 0.1) is 6.92 Å². The van der Waals surface area contributed by atoms with Crippen molar-refractivity contribution in [3.05, 3.63) is 59.7 Å². The van der Waals surface area contributed by atoms with Crippen molar-refractivity contribution in [2.24, 2.45) is 0 Å². The summed E-state index contributed by atoms with van der Waals surface area (Å²) in [5.41, 5.74) is 0.994. The van der Waals surface area contributed by atoms with Crippen LogP contribution in [0.25, 0.3) is 0 Å². The fourth-order valence-corrected chi connectivity index (χ4v) is 3.53. The van der Waals surface area contributed by atoms with Gasteiger partial charge in [0.05, 0.1) is 12.0 Å². The third kappa shape index (κ3) is 3.49. The number of Topliss-reactive ketones (excluding diaryl/α,β-unsaturated/α-hetero) is 1. The summed E-state index contributed by atoms with van der Waals surface area (Å²) in [5.74, 6) is -0.348. The molecule has 0 fully saturated rings. The summed E-state index contributed by atoms with van der Waals surface area (Å²) >= 11 is 0. The van der Waals surface area contributed by atoms with Crippen molar-refractivity contribution in [1.29, 1.82) is 0 Å². The van der Waals surface area contributed by atoms with E-state index in [0.29, 0.717) is 16.9 Å². The SMILES string of the molecule is COc1ccc(C(=O)CS(=O)(=O)c2ccccc2C)cc1. The second-order valence-corrected chi connectivity index (χ2v) is 6.63. The van der Waals surface area contributed by atoms with Crippen molar-refractivity contribution < 1.29 is 17.9 Å². The molecule has 0 amide bonds. The van der Waals surface area contributed by atoms with E-state index in [4.69, 9.17) is 4.74 Å². The van der Waals surface area contributed by atoms with Crippen LogP contribution in [0.15, 0.2) is 53.4 Å². The summed E-state index contributed by atoms with van der Waals surface area (Å²) in [7, 11) is -2.11. The normalized spacial score (nSPS) is 11.1. The van der Waals surface area contributed by atoms with Gasteiger partial charge in [0, 0.05) is 5.56 Å². The molecule has 2 aromatic carbocycles. The van der Waals surface area contributed by atoms with Crippen LogP contribution < -0.4 is 4.74 Å². The van der Waals surface area contributed by atoms with Gasteiger partial charge >= 0.3 is 0 Å². The monoisotopic (exact) mass is 304 g/mol. The number of methoxy groups -OCH3 is 1. The molecule has 0 aliphatic rings. The van der Waals surface area contributed by atoms with Gasteiger partial charge in [-0.05, 0) is 42.8 Å². The van der Waals surface area contributed by atoms with E-state index in [0.717, 1.165) is 0 Å². The molecular formula is C16H16O4S. The number of carbonyl (C=O) groups is 1. The number of carbonyl (C=O) groups excluding carboxylic acids is 1. The van der Waals surface area contributed by atoms with Crippen LogP contribution in [-0.2, 0) is 9.84 Å². The lowest BCUT2D eigenvalue weighted by atomic mass is 10.1. The molecular weight excluding hydrogens is 288 g/mol. The molecule has 0 spiro atoms. The molecule has 5 heteroatoms. The summed E-state index contributed by atoms with van der Waals surface area (Å²) in [6, 6.07) is 13.0. The molecule has 0 bridgehead atoms. The van der Waals surface area contributed by atoms with Crippen molar-refractivity contribution in [3.63, 3.8) is 0 Å². The molecule has 0 N–H and O–H groups in total. The zero-order chi connectivity index (χ0) is 15.5. The number of aryl methyl sites for hydroxylation is 1. The highest BCUT2D eigenvalue weighted by Gasteiger charge is 2.21. The van der Waals surface area contributed by atoms with Gasteiger partial charge in [-0.25, -0.2) is 8.42 Å². The van der Waals surface area contributed by atoms with Crippen molar-refractivity contribution in [2.75, 3.05) is 12.9 Å². The summed E-state index contributed by atoms with van der Waals surface area (Å²) in [4.78, 5) is 12.3. The molecule has 2 aromatic rings. The van der Waals surface area contributed by atoms with Gasteiger partial charge in [-0.3, -0.25) is 4.79 Å². The van der Waals surface area contributed by atoms with Crippen LogP contribution in [0.3, 0.4) is 0 Å². The lowest BCUT2D eigenvalue weighted by Crippen LogP contribution is -2.17. The smallest absolute Gasteiger partial charge is 0.186 e. The van der Waals surface area contributed by atoms with Gasteiger partial charge in [0.1, 0.15) is 11.5 Å². The van der Waals surface area contributed by atoms with E-state index in [-0.39, 0.29) is 4.90 Å². The summed E-state index contributed by atoms with van der Waals surface area (Å²) in [5, 5.41) is 0. The molecule has 0 radical (unpaired) electrons. The second-order valence-electron chi connectivity index (χ2n) is 4.68. The molecule has 2 rings (SSSR count). The Balaban J connectivity index is 2.24. The third-order valence-corrected chi connectivity index (χ3v) is 4.93. The Kier molecular flexibility index (Phi) is 4.43. The molecule has 0 unspecified atom stereocenters. The Bertz CT molecular complexity index is 746. The van der Waals surface area contributed by atoms with E-state index in [1.54, 1.807) is 49.4 Å².